The van der Waals surface area contributed by atoms with Crippen LogP contribution in [0, 0.1) is 0 Å². The lowest BCUT2D eigenvalue weighted by atomic mass is 10.1. The number of nitrogens with zero attached hydrogens (tertiary/aromatic N) is 2. The van der Waals surface area contributed by atoms with Gasteiger partial charge in [0.1, 0.15) is 0 Å². The van der Waals surface area contributed by atoms with Crippen LogP contribution in [-0.4, -0.2) is 15.2 Å². The van der Waals surface area contributed by atoms with Crippen LogP contribution in [0.2, 0.25) is 0 Å². The number of pyridine rings is 1. The van der Waals surface area contributed by atoms with Crippen LogP contribution >= 0.6 is 0 Å². The highest BCUT2D eigenvalue weighted by atomic mass is 15.1. The van der Waals surface area contributed by atoms with Crippen LogP contribution < -0.4 is 11.1 Å². The van der Waals surface area contributed by atoms with E-state index < -0.39 is 0 Å². The Hall–Kier alpha value is -2.56. The molecule has 5 nitrogen and oxygen atoms in total. The maximum Gasteiger partial charge on any atom is 0.0743 e. The molecule has 1 atom stereocenters. The summed E-state index contributed by atoms with van der Waals surface area (Å²) in [5.74, 6) is 0. The van der Waals surface area contributed by atoms with Gasteiger partial charge in [0.25, 0.3) is 0 Å². The van der Waals surface area contributed by atoms with Gasteiger partial charge in [-0.1, -0.05) is 18.2 Å². The highest BCUT2D eigenvalue weighted by Crippen LogP contribution is 2.30. The molecule has 0 amide bonds. The van der Waals surface area contributed by atoms with Gasteiger partial charge in [0.2, 0.25) is 0 Å². The first kappa shape index (κ1) is 11.5. The lowest BCUT2D eigenvalue weighted by Gasteiger charge is -2.17. The zero-order valence-corrected chi connectivity index (χ0v) is 10.6. The van der Waals surface area contributed by atoms with Crippen LogP contribution in [0.15, 0.2) is 42.9 Å². The number of nitrogens with two attached hydrogens (primary N) is 1. The number of benzene rings is 1. The number of fused-ring (bicyclic) bond motifs is 1. The number of para-hydroxylation sites is 1. The Morgan fingerprint density at radius 1 is 1.26 bits per heavy atom. The molecule has 0 radical (unpaired) electrons. The van der Waals surface area contributed by atoms with E-state index in [1.54, 1.807) is 12.4 Å². The minimum atomic E-state index is 0.117. The number of nitrogen functional groups attached to an aromatic ring is 1. The van der Waals surface area contributed by atoms with Gasteiger partial charge in [-0.25, -0.2) is 0 Å². The van der Waals surface area contributed by atoms with Gasteiger partial charge in [0, 0.05) is 17.1 Å². The zero-order chi connectivity index (χ0) is 13.2. The monoisotopic (exact) mass is 253 g/mol. The predicted octanol–water partition coefficient (Wildman–Crippen LogP) is 2.71. The Labute approximate surface area is 110 Å². The van der Waals surface area contributed by atoms with Gasteiger partial charge in [-0.15, -0.1) is 0 Å². The van der Waals surface area contributed by atoms with Crippen LogP contribution in [0.3, 0.4) is 0 Å². The predicted molar refractivity (Wildman–Crippen MR) is 76.8 cm³/mol. The normalized spacial score (nSPS) is 12.5. The van der Waals surface area contributed by atoms with E-state index in [4.69, 9.17) is 5.73 Å². The lowest BCUT2D eigenvalue weighted by molar-refractivity contribution is 0.888. The summed E-state index contributed by atoms with van der Waals surface area (Å²) in [5.41, 5.74) is 9.62. The van der Waals surface area contributed by atoms with Crippen molar-refractivity contribution in [3.63, 3.8) is 0 Å². The SMILES string of the molecule is CC(Nc1c(N)cnc2ccccc12)c1cn[nH]c1. The fourth-order valence-corrected chi connectivity index (χ4v) is 2.12. The van der Waals surface area contributed by atoms with Gasteiger partial charge < -0.3 is 11.1 Å². The molecule has 0 aliphatic rings. The Morgan fingerprint density at radius 3 is 2.89 bits per heavy atom. The molecule has 2 aromatic heterocycles. The molecule has 3 rings (SSSR count). The molecular formula is C14H15N5. The van der Waals surface area contributed by atoms with E-state index >= 15 is 0 Å². The number of rotatable bonds is 3. The first-order valence-corrected chi connectivity index (χ1v) is 6.14. The molecule has 0 aliphatic heterocycles. The molecule has 0 fully saturated rings. The number of H-pyrrole nitrogens is 1. The van der Waals surface area contributed by atoms with Gasteiger partial charge in [0.15, 0.2) is 0 Å². The second-order valence-corrected chi connectivity index (χ2v) is 4.50. The molecule has 4 N–H and O–H groups in total. The summed E-state index contributed by atoms with van der Waals surface area (Å²) in [5, 5.41) is 11.2. The third-order valence-corrected chi connectivity index (χ3v) is 3.19. The molecule has 0 spiro atoms. The van der Waals surface area contributed by atoms with E-state index in [0.29, 0.717) is 5.69 Å². The van der Waals surface area contributed by atoms with Gasteiger partial charge >= 0.3 is 0 Å². The van der Waals surface area contributed by atoms with E-state index in [1.807, 2.05) is 30.5 Å². The Morgan fingerprint density at radius 2 is 2.11 bits per heavy atom. The van der Waals surface area contributed by atoms with Crippen molar-refractivity contribution in [3.05, 3.63) is 48.4 Å². The third kappa shape index (κ3) is 2.10. The lowest BCUT2D eigenvalue weighted by Crippen LogP contribution is -2.08. The van der Waals surface area contributed by atoms with Crippen molar-refractivity contribution >= 4 is 22.3 Å². The van der Waals surface area contributed by atoms with Crippen molar-refractivity contribution in [2.45, 2.75) is 13.0 Å². The van der Waals surface area contributed by atoms with Crippen LogP contribution in [0.25, 0.3) is 10.9 Å². The van der Waals surface area contributed by atoms with Gasteiger partial charge in [-0.05, 0) is 13.0 Å². The molecule has 0 bridgehead atoms. The highest BCUT2D eigenvalue weighted by molar-refractivity contribution is 5.96. The van der Waals surface area contributed by atoms with Crippen LogP contribution in [0.5, 0.6) is 0 Å². The summed E-state index contributed by atoms with van der Waals surface area (Å²) in [4.78, 5) is 4.33. The molecule has 0 saturated carbocycles. The highest BCUT2D eigenvalue weighted by Gasteiger charge is 2.11. The molecule has 0 saturated heterocycles. The number of hydrogen-bond acceptors (Lipinski definition) is 4. The molecule has 19 heavy (non-hydrogen) atoms. The number of aromatic amines is 1. The fourth-order valence-electron chi connectivity index (χ4n) is 2.12. The minimum absolute atomic E-state index is 0.117. The van der Waals surface area contributed by atoms with Gasteiger partial charge in [-0.3, -0.25) is 10.1 Å². The van der Waals surface area contributed by atoms with E-state index in [9.17, 15) is 0 Å². The number of nitrogens with one attached hydrogen (secondary N) is 2. The summed E-state index contributed by atoms with van der Waals surface area (Å²) < 4.78 is 0. The van der Waals surface area contributed by atoms with E-state index in [1.165, 1.54) is 0 Å². The molecule has 5 heteroatoms. The molecule has 3 aromatic rings. The largest absolute Gasteiger partial charge is 0.396 e. The first-order valence-electron chi connectivity index (χ1n) is 6.14. The molecular weight excluding hydrogens is 238 g/mol. The second kappa shape index (κ2) is 4.61. The summed E-state index contributed by atoms with van der Waals surface area (Å²) in [6, 6.07) is 8.06. The summed E-state index contributed by atoms with van der Waals surface area (Å²) >= 11 is 0. The first-order chi connectivity index (χ1) is 9.25. The third-order valence-electron chi connectivity index (χ3n) is 3.19. The number of aromatic nitrogens is 3. The second-order valence-electron chi connectivity index (χ2n) is 4.50. The molecule has 96 valence electrons. The maximum absolute atomic E-state index is 6.04. The molecule has 0 aliphatic carbocycles. The Bertz CT molecular complexity index is 690. The fraction of sp³-hybridized carbons (Fsp3) is 0.143. The van der Waals surface area contributed by atoms with E-state index in [2.05, 4.69) is 27.4 Å². The number of anilines is 2. The Balaban J connectivity index is 2.02. The van der Waals surface area contributed by atoms with Crippen LogP contribution in [0.1, 0.15) is 18.5 Å². The van der Waals surface area contributed by atoms with Crippen LogP contribution in [0.4, 0.5) is 11.4 Å². The Kier molecular flexibility index (Phi) is 2.79. The average Bonchev–Trinajstić information content (AvgIpc) is 2.96. The molecule has 1 unspecified atom stereocenters. The van der Waals surface area contributed by atoms with Gasteiger partial charge in [-0.2, -0.15) is 5.10 Å². The topological polar surface area (TPSA) is 79.6 Å². The smallest absolute Gasteiger partial charge is 0.0743 e. The molecule has 1 aromatic carbocycles. The van der Waals surface area contributed by atoms with Crippen molar-refractivity contribution in [1.82, 2.24) is 15.2 Å². The van der Waals surface area contributed by atoms with Crippen LogP contribution in [-0.2, 0) is 0 Å². The quantitative estimate of drug-likeness (QED) is 0.670. The maximum atomic E-state index is 6.04. The van der Waals surface area contributed by atoms with Gasteiger partial charge in [0.05, 0.1) is 35.3 Å². The standard InChI is InChI=1S/C14H15N5/c1-9(10-6-17-18-7-10)19-14-11-4-2-3-5-13(11)16-8-12(14)15/h2-9H,15H2,1H3,(H,16,19)(H,17,18). The van der Waals surface area contributed by atoms with Crippen molar-refractivity contribution in [3.8, 4) is 0 Å². The minimum Gasteiger partial charge on any atom is -0.396 e. The van der Waals surface area contributed by atoms with Crippen molar-refractivity contribution in [2.24, 2.45) is 0 Å². The number of hydrogen-bond donors (Lipinski definition) is 3. The summed E-state index contributed by atoms with van der Waals surface area (Å²) in [7, 11) is 0. The zero-order valence-electron chi connectivity index (χ0n) is 10.6. The molecule has 2 heterocycles. The van der Waals surface area contributed by atoms with E-state index in [0.717, 1.165) is 22.2 Å². The van der Waals surface area contributed by atoms with Crippen molar-refractivity contribution in [2.75, 3.05) is 11.1 Å². The summed E-state index contributed by atoms with van der Waals surface area (Å²) in [6.07, 6.45) is 5.36. The van der Waals surface area contributed by atoms with Crippen molar-refractivity contribution < 1.29 is 0 Å². The summed E-state index contributed by atoms with van der Waals surface area (Å²) in [6.45, 7) is 2.07. The van der Waals surface area contributed by atoms with Crippen molar-refractivity contribution in [1.29, 1.82) is 0 Å². The average molecular weight is 253 g/mol. The van der Waals surface area contributed by atoms with E-state index in [-0.39, 0.29) is 6.04 Å².